The van der Waals surface area contributed by atoms with Gasteiger partial charge < -0.3 is 20.2 Å². The van der Waals surface area contributed by atoms with Gasteiger partial charge in [-0.1, -0.05) is 84.9 Å². The van der Waals surface area contributed by atoms with Gasteiger partial charge in [-0.2, -0.15) is 0 Å². The van der Waals surface area contributed by atoms with Crippen LogP contribution >= 0.6 is 0 Å². The Labute approximate surface area is 228 Å². The number of para-hydroxylation sites is 2. The van der Waals surface area contributed by atoms with E-state index >= 15 is 0 Å². The van der Waals surface area contributed by atoms with Crippen molar-refractivity contribution in [3.8, 4) is 33.9 Å². The Balaban J connectivity index is 0.00000280. The molecule has 1 aliphatic heterocycles. The zero-order valence-electron chi connectivity index (χ0n) is 19.3. The quantitative estimate of drug-likeness (QED) is 0.172. The molecular formula is C30H18N4O2Pt. The molecule has 3 aromatic carbocycles. The van der Waals surface area contributed by atoms with E-state index in [1.54, 1.807) is 36.4 Å². The minimum Gasteiger partial charge on any atom is -0.622 e. The van der Waals surface area contributed by atoms with E-state index in [1.807, 2.05) is 72.8 Å². The molecule has 0 radical (unpaired) electrons. The Bertz CT molecular complexity index is 1530. The number of carbonyl (C=O) groups is 2. The van der Waals surface area contributed by atoms with Crippen LogP contribution in [-0.2, 0) is 21.1 Å². The van der Waals surface area contributed by atoms with Crippen LogP contribution in [0.1, 0.15) is 20.7 Å². The van der Waals surface area contributed by atoms with Crippen LogP contribution in [0.4, 0.5) is 11.4 Å². The standard InChI is InChI=1S/C30H20N4O2.Pt/c35-29-19-9-1-2-10-20(19)30(36)34-26-14-6-4-12-22(26)24-16-8-18-28(32-24)27-17-7-15-23(31-27)21-11-3-5-13-25(21)33-29;/h1-18H,(H2,31,32,33,34,35,36);/q;+2/p-2. The number of carbonyl (C=O) groups excluding carboxylic acids is 2. The molecule has 2 aromatic heterocycles. The second-order valence-electron chi connectivity index (χ2n) is 8.23. The van der Waals surface area contributed by atoms with E-state index in [1.165, 1.54) is 0 Å². The molecule has 3 heterocycles. The monoisotopic (exact) mass is 661 g/mol. The van der Waals surface area contributed by atoms with Crippen molar-refractivity contribution < 1.29 is 30.7 Å². The van der Waals surface area contributed by atoms with Crippen LogP contribution in [0.5, 0.6) is 0 Å². The first-order valence-corrected chi connectivity index (χ1v) is 11.4. The molecule has 6 rings (SSSR count). The topological polar surface area (TPSA) is 88.1 Å². The van der Waals surface area contributed by atoms with Crippen LogP contribution in [0.3, 0.4) is 0 Å². The van der Waals surface area contributed by atoms with Crippen molar-refractivity contribution in [2.75, 3.05) is 0 Å². The van der Waals surface area contributed by atoms with E-state index < -0.39 is 11.8 Å². The molecule has 0 saturated carbocycles. The van der Waals surface area contributed by atoms with Gasteiger partial charge in [0, 0.05) is 11.1 Å². The summed E-state index contributed by atoms with van der Waals surface area (Å²) in [5.74, 6) is -1.05. The molecule has 7 heteroatoms. The molecule has 5 aromatic rings. The Morgan fingerprint density at radius 1 is 0.405 bits per heavy atom. The second-order valence-corrected chi connectivity index (χ2v) is 8.23. The SMILES string of the molecule is O=C1[N-]c2ccccc2-c2cccc(n2)-c2cccc(n2)-c2ccccc2[N-]C(=O)c2ccccc21.[Pt+2]. The molecule has 180 valence electrons. The number of hydrogen-bond donors (Lipinski definition) is 0. The van der Waals surface area contributed by atoms with E-state index in [0.717, 1.165) is 0 Å². The molecule has 0 saturated heterocycles. The molecular weight excluding hydrogens is 643 g/mol. The predicted octanol–water partition coefficient (Wildman–Crippen LogP) is 7.48. The summed E-state index contributed by atoms with van der Waals surface area (Å²) >= 11 is 0. The van der Waals surface area contributed by atoms with Crippen LogP contribution < -0.4 is 0 Å². The Hall–Kier alpha value is -4.41. The van der Waals surface area contributed by atoms with E-state index in [-0.39, 0.29) is 32.2 Å². The summed E-state index contributed by atoms with van der Waals surface area (Å²) in [6.07, 6.45) is 0. The summed E-state index contributed by atoms with van der Waals surface area (Å²) in [4.78, 5) is 36.3. The maximum Gasteiger partial charge on any atom is 2.00 e. The molecule has 1 aliphatic rings. The van der Waals surface area contributed by atoms with Gasteiger partial charge in [0.15, 0.2) is 0 Å². The van der Waals surface area contributed by atoms with Crippen molar-refractivity contribution in [3.05, 3.63) is 131 Å². The van der Waals surface area contributed by atoms with Gasteiger partial charge in [0.25, 0.3) is 0 Å². The fourth-order valence-corrected chi connectivity index (χ4v) is 4.23. The normalized spacial score (nSPS) is 12.1. The van der Waals surface area contributed by atoms with Crippen molar-refractivity contribution in [1.82, 2.24) is 9.97 Å². The zero-order chi connectivity index (χ0) is 24.5. The molecule has 0 spiro atoms. The van der Waals surface area contributed by atoms with Crippen LogP contribution in [0.15, 0.2) is 109 Å². The summed E-state index contributed by atoms with van der Waals surface area (Å²) in [5.41, 5.74) is 5.40. The molecule has 6 nitrogen and oxygen atoms in total. The molecule has 37 heavy (non-hydrogen) atoms. The minimum absolute atomic E-state index is 0. The summed E-state index contributed by atoms with van der Waals surface area (Å²) in [5, 5.41) is 8.76. The molecule has 4 bridgehead atoms. The first kappa shape index (κ1) is 24.3. The predicted molar refractivity (Wildman–Crippen MR) is 139 cm³/mol. The van der Waals surface area contributed by atoms with Gasteiger partial charge in [0.05, 0.1) is 34.6 Å². The third-order valence-electron chi connectivity index (χ3n) is 5.95. The second kappa shape index (κ2) is 10.3. The smallest absolute Gasteiger partial charge is 0.622 e. The van der Waals surface area contributed by atoms with Gasteiger partial charge in [0.2, 0.25) is 0 Å². The van der Waals surface area contributed by atoms with Crippen LogP contribution in [-0.4, -0.2) is 21.8 Å². The fraction of sp³-hybridized carbons (Fsp3) is 0. The third-order valence-corrected chi connectivity index (χ3v) is 5.95. The number of nitrogens with zero attached hydrogens (tertiary/aromatic N) is 4. The van der Waals surface area contributed by atoms with Crippen LogP contribution in [0, 0.1) is 0 Å². The van der Waals surface area contributed by atoms with Gasteiger partial charge in [0.1, 0.15) is 0 Å². The van der Waals surface area contributed by atoms with Crippen LogP contribution in [0.25, 0.3) is 44.5 Å². The Morgan fingerprint density at radius 2 is 0.757 bits per heavy atom. The number of aromatic nitrogens is 2. The van der Waals surface area contributed by atoms with E-state index in [4.69, 9.17) is 9.97 Å². The van der Waals surface area contributed by atoms with E-state index in [2.05, 4.69) is 10.6 Å². The van der Waals surface area contributed by atoms with E-state index in [9.17, 15) is 9.59 Å². The Kier molecular flexibility index (Phi) is 6.76. The van der Waals surface area contributed by atoms with Crippen molar-refractivity contribution in [3.63, 3.8) is 0 Å². The number of pyridine rings is 2. The van der Waals surface area contributed by atoms with Gasteiger partial charge in [-0.3, -0.25) is 0 Å². The van der Waals surface area contributed by atoms with Gasteiger partial charge >= 0.3 is 21.1 Å². The summed E-state index contributed by atoms with van der Waals surface area (Å²) in [6, 6.07) is 32.6. The maximum absolute atomic E-state index is 13.3. The Morgan fingerprint density at radius 3 is 1.19 bits per heavy atom. The number of hydrogen-bond acceptors (Lipinski definition) is 4. The average molecular weight is 662 g/mol. The third kappa shape index (κ3) is 4.71. The average Bonchev–Trinajstić information content (AvgIpc) is 2.93. The number of fused-ring (bicyclic) bond motifs is 10. The van der Waals surface area contributed by atoms with Crippen molar-refractivity contribution in [2.45, 2.75) is 0 Å². The summed E-state index contributed by atoms with van der Waals surface area (Å²) < 4.78 is 0. The number of amides is 2. The largest absolute Gasteiger partial charge is 2.00 e. The van der Waals surface area contributed by atoms with Gasteiger partial charge in [-0.05, 0) is 35.4 Å². The number of benzene rings is 3. The minimum atomic E-state index is -0.523. The molecule has 0 unspecified atom stereocenters. The zero-order valence-corrected chi connectivity index (χ0v) is 21.6. The molecule has 0 aliphatic carbocycles. The van der Waals surface area contributed by atoms with Crippen molar-refractivity contribution in [1.29, 1.82) is 0 Å². The molecule has 0 fully saturated rings. The van der Waals surface area contributed by atoms with Gasteiger partial charge in [-0.25, -0.2) is 9.97 Å². The molecule has 0 atom stereocenters. The first-order chi connectivity index (χ1) is 17.7. The maximum atomic E-state index is 13.3. The van der Waals surface area contributed by atoms with Crippen molar-refractivity contribution in [2.24, 2.45) is 0 Å². The van der Waals surface area contributed by atoms with Gasteiger partial charge in [-0.15, -0.1) is 11.4 Å². The first-order valence-electron chi connectivity index (χ1n) is 11.4. The van der Waals surface area contributed by atoms with Crippen molar-refractivity contribution >= 4 is 23.2 Å². The number of rotatable bonds is 0. The fourth-order valence-electron chi connectivity index (χ4n) is 4.23. The summed E-state index contributed by atoms with van der Waals surface area (Å²) in [7, 11) is 0. The molecule has 2 amide bonds. The molecule has 0 N–H and O–H groups in total. The van der Waals surface area contributed by atoms with E-state index in [0.29, 0.717) is 45.3 Å². The van der Waals surface area contributed by atoms with Crippen LogP contribution in [0.2, 0.25) is 0 Å². The summed E-state index contributed by atoms with van der Waals surface area (Å²) in [6.45, 7) is 0.